The van der Waals surface area contributed by atoms with E-state index in [0.29, 0.717) is 29.5 Å². The van der Waals surface area contributed by atoms with Gasteiger partial charge in [-0.05, 0) is 51.2 Å². The number of carbonyl (C=O) groups is 1. The van der Waals surface area contributed by atoms with Crippen molar-refractivity contribution in [1.82, 2.24) is 9.36 Å². The average Bonchev–Trinajstić information content (AvgIpc) is 3.40. The van der Waals surface area contributed by atoms with Gasteiger partial charge in [0, 0.05) is 30.8 Å². The zero-order valence-electron chi connectivity index (χ0n) is 17.5. The molecule has 1 heterocycles. The van der Waals surface area contributed by atoms with E-state index in [2.05, 4.69) is 19.8 Å². The molecule has 0 spiro atoms. The lowest BCUT2D eigenvalue weighted by atomic mass is 10.1. The summed E-state index contributed by atoms with van der Waals surface area (Å²) in [5.41, 5.74) is 0.510. The molecule has 0 atom stereocenters. The van der Waals surface area contributed by atoms with Crippen LogP contribution in [0.15, 0.2) is 34.3 Å². The monoisotopic (exact) mass is 466 g/mol. The van der Waals surface area contributed by atoms with Crippen molar-refractivity contribution in [2.75, 3.05) is 24.8 Å². The van der Waals surface area contributed by atoms with Crippen LogP contribution in [0.25, 0.3) is 0 Å². The van der Waals surface area contributed by atoms with Gasteiger partial charge in [-0.15, -0.1) is 0 Å². The van der Waals surface area contributed by atoms with Crippen LogP contribution < -0.4 is 5.32 Å². The third-order valence-electron chi connectivity index (χ3n) is 4.81. The van der Waals surface area contributed by atoms with Crippen molar-refractivity contribution in [3.8, 4) is 0 Å². The van der Waals surface area contributed by atoms with Crippen LogP contribution in [0.5, 0.6) is 0 Å². The van der Waals surface area contributed by atoms with Crippen LogP contribution in [-0.2, 0) is 24.2 Å². The molecule has 0 bridgehead atoms. The molecule has 1 fully saturated rings. The van der Waals surface area contributed by atoms with E-state index in [1.807, 2.05) is 0 Å². The van der Waals surface area contributed by atoms with Crippen molar-refractivity contribution >= 4 is 38.1 Å². The maximum absolute atomic E-state index is 12.9. The SMILES string of the molecule is COCCCS(=O)(=O)c1ccc(/C(=N\OC2CCCC2)C(=O)Nc2nc(C)ns2)cc1. The van der Waals surface area contributed by atoms with Gasteiger partial charge < -0.3 is 9.57 Å². The molecular formula is C20H26N4O5S2. The molecule has 3 rings (SSSR count). The lowest BCUT2D eigenvalue weighted by Crippen LogP contribution is -2.25. The molecule has 1 amide bonds. The molecule has 1 N–H and O–H groups in total. The zero-order chi connectivity index (χ0) is 22.3. The van der Waals surface area contributed by atoms with Crippen LogP contribution in [0.2, 0.25) is 0 Å². The first-order valence-corrected chi connectivity index (χ1v) is 12.5. The minimum Gasteiger partial charge on any atom is -0.392 e. The van der Waals surface area contributed by atoms with E-state index in [1.54, 1.807) is 19.1 Å². The van der Waals surface area contributed by atoms with E-state index in [-0.39, 0.29) is 22.5 Å². The predicted molar refractivity (Wildman–Crippen MR) is 118 cm³/mol. The van der Waals surface area contributed by atoms with Crippen molar-refractivity contribution in [2.24, 2.45) is 5.16 Å². The number of sulfone groups is 1. The molecule has 31 heavy (non-hydrogen) atoms. The molecule has 1 aromatic carbocycles. The summed E-state index contributed by atoms with van der Waals surface area (Å²) in [6.07, 6.45) is 4.32. The first-order valence-electron chi connectivity index (χ1n) is 10.1. The number of benzene rings is 1. The number of rotatable bonds is 10. The van der Waals surface area contributed by atoms with Gasteiger partial charge in [-0.3, -0.25) is 10.1 Å². The maximum Gasteiger partial charge on any atom is 0.280 e. The Balaban J connectivity index is 1.80. The van der Waals surface area contributed by atoms with E-state index in [4.69, 9.17) is 9.57 Å². The quantitative estimate of drug-likeness (QED) is 0.325. The number of oxime groups is 1. The fourth-order valence-electron chi connectivity index (χ4n) is 3.18. The largest absolute Gasteiger partial charge is 0.392 e. The van der Waals surface area contributed by atoms with Crippen LogP contribution in [0.3, 0.4) is 0 Å². The topological polar surface area (TPSA) is 120 Å². The number of anilines is 1. The first kappa shape index (κ1) is 23.3. The van der Waals surface area contributed by atoms with Gasteiger partial charge in [-0.2, -0.15) is 4.37 Å². The molecule has 1 aromatic heterocycles. The van der Waals surface area contributed by atoms with Gasteiger partial charge in [0.1, 0.15) is 11.9 Å². The molecule has 0 radical (unpaired) electrons. The Morgan fingerprint density at radius 3 is 2.58 bits per heavy atom. The van der Waals surface area contributed by atoms with Crippen LogP contribution in [-0.4, -0.2) is 55.0 Å². The Hall–Kier alpha value is -2.37. The third kappa shape index (κ3) is 6.55. The number of methoxy groups -OCH3 is 1. The Bertz CT molecular complexity index is 1010. The Morgan fingerprint density at radius 2 is 1.97 bits per heavy atom. The highest BCUT2D eigenvalue weighted by atomic mass is 32.2. The highest BCUT2D eigenvalue weighted by Gasteiger charge is 2.22. The second-order valence-electron chi connectivity index (χ2n) is 7.24. The van der Waals surface area contributed by atoms with Crippen LogP contribution >= 0.6 is 11.5 Å². The van der Waals surface area contributed by atoms with Crippen molar-refractivity contribution in [3.63, 3.8) is 0 Å². The van der Waals surface area contributed by atoms with Crippen molar-refractivity contribution in [1.29, 1.82) is 0 Å². The number of ether oxygens (including phenoxy) is 1. The van der Waals surface area contributed by atoms with Crippen LogP contribution in [0.4, 0.5) is 5.13 Å². The lowest BCUT2D eigenvalue weighted by molar-refractivity contribution is -0.110. The number of carbonyl (C=O) groups excluding carboxylic acids is 1. The van der Waals surface area contributed by atoms with Gasteiger partial charge in [0.2, 0.25) is 5.13 Å². The average molecular weight is 467 g/mol. The zero-order valence-corrected chi connectivity index (χ0v) is 19.2. The number of hydrogen-bond acceptors (Lipinski definition) is 9. The summed E-state index contributed by atoms with van der Waals surface area (Å²) in [7, 11) is -1.90. The standard InChI is InChI=1S/C20H26N4O5S2/c1-14-21-20(30-24-14)22-19(25)18(23-29-16-6-3-4-7-16)15-8-10-17(11-9-15)31(26,27)13-5-12-28-2/h8-11,16H,3-7,12-13H2,1-2H3,(H,21,22,24,25)/b23-18+. The summed E-state index contributed by atoms with van der Waals surface area (Å²) in [5.74, 6) is 0.0527. The molecule has 0 unspecified atom stereocenters. The minimum atomic E-state index is -3.43. The van der Waals surface area contributed by atoms with E-state index >= 15 is 0 Å². The fraction of sp³-hybridized carbons (Fsp3) is 0.500. The third-order valence-corrected chi connectivity index (χ3v) is 7.35. The number of aryl methyl sites for hydroxylation is 1. The Morgan fingerprint density at radius 1 is 1.26 bits per heavy atom. The number of nitrogens with one attached hydrogen (secondary N) is 1. The summed E-state index contributed by atoms with van der Waals surface area (Å²) in [4.78, 5) is 22.8. The second kappa shape index (κ2) is 10.8. The van der Waals surface area contributed by atoms with E-state index in [1.165, 1.54) is 19.2 Å². The van der Waals surface area contributed by atoms with Crippen LogP contribution in [0.1, 0.15) is 43.5 Å². The molecule has 2 aromatic rings. The Labute approximate surface area is 185 Å². The normalized spacial score (nSPS) is 15.2. The van der Waals surface area contributed by atoms with Crippen molar-refractivity contribution in [2.45, 2.75) is 50.0 Å². The lowest BCUT2D eigenvalue weighted by Gasteiger charge is -2.11. The summed E-state index contributed by atoms with van der Waals surface area (Å²) < 4.78 is 33.9. The molecule has 11 heteroatoms. The summed E-state index contributed by atoms with van der Waals surface area (Å²) in [5, 5.41) is 7.16. The van der Waals surface area contributed by atoms with Gasteiger partial charge in [-0.25, -0.2) is 13.4 Å². The van der Waals surface area contributed by atoms with E-state index in [0.717, 1.165) is 37.2 Å². The molecular weight excluding hydrogens is 440 g/mol. The molecule has 1 aliphatic carbocycles. The number of amides is 1. The molecule has 9 nitrogen and oxygen atoms in total. The van der Waals surface area contributed by atoms with Gasteiger partial charge in [0.05, 0.1) is 10.6 Å². The number of hydrogen-bond donors (Lipinski definition) is 1. The van der Waals surface area contributed by atoms with Gasteiger partial charge in [-0.1, -0.05) is 17.3 Å². The smallest absolute Gasteiger partial charge is 0.280 e. The van der Waals surface area contributed by atoms with Gasteiger partial charge in [0.15, 0.2) is 15.5 Å². The second-order valence-corrected chi connectivity index (χ2v) is 10.1. The van der Waals surface area contributed by atoms with Crippen LogP contribution in [0, 0.1) is 6.92 Å². The van der Waals surface area contributed by atoms with Crippen molar-refractivity contribution in [3.05, 3.63) is 35.7 Å². The van der Waals surface area contributed by atoms with Gasteiger partial charge >= 0.3 is 0 Å². The molecule has 1 aliphatic rings. The minimum absolute atomic E-state index is 0.0111. The first-order chi connectivity index (χ1) is 14.9. The van der Waals surface area contributed by atoms with Crippen molar-refractivity contribution < 1.29 is 22.8 Å². The van der Waals surface area contributed by atoms with E-state index < -0.39 is 15.7 Å². The van der Waals surface area contributed by atoms with E-state index in [9.17, 15) is 13.2 Å². The molecule has 0 aliphatic heterocycles. The maximum atomic E-state index is 12.9. The number of nitrogens with zero attached hydrogens (tertiary/aromatic N) is 3. The fourth-order valence-corrected chi connectivity index (χ4v) is 5.04. The molecule has 0 saturated heterocycles. The summed E-state index contributed by atoms with van der Waals surface area (Å²) in [6, 6.07) is 6.08. The highest BCUT2D eigenvalue weighted by Crippen LogP contribution is 2.22. The molecule has 168 valence electrons. The Kier molecular flexibility index (Phi) is 8.10. The highest BCUT2D eigenvalue weighted by molar-refractivity contribution is 7.91. The summed E-state index contributed by atoms with van der Waals surface area (Å²) in [6.45, 7) is 2.11. The number of aromatic nitrogens is 2. The predicted octanol–water partition coefficient (Wildman–Crippen LogP) is 2.96. The summed E-state index contributed by atoms with van der Waals surface area (Å²) >= 11 is 1.07. The van der Waals surface area contributed by atoms with Gasteiger partial charge in [0.25, 0.3) is 5.91 Å². The molecule has 1 saturated carbocycles.